The fraction of sp³-hybridized carbons (Fsp3) is 0.462. The van der Waals surface area contributed by atoms with E-state index in [4.69, 9.17) is 5.73 Å². The van der Waals surface area contributed by atoms with Gasteiger partial charge in [0.15, 0.2) is 0 Å². The summed E-state index contributed by atoms with van der Waals surface area (Å²) in [6.45, 7) is 3.99. The molecule has 6 nitrogen and oxygen atoms in total. The van der Waals surface area contributed by atoms with Crippen molar-refractivity contribution in [1.29, 1.82) is 0 Å². The quantitative estimate of drug-likeness (QED) is 0.680. The summed E-state index contributed by atoms with van der Waals surface area (Å²) in [6.07, 6.45) is 0.0716. The van der Waals surface area contributed by atoms with Crippen molar-refractivity contribution in [3.8, 4) is 0 Å². The molecule has 0 atom stereocenters. The molecule has 1 aromatic rings. The maximum absolute atomic E-state index is 11.9. The molecule has 0 aliphatic carbocycles. The van der Waals surface area contributed by atoms with Gasteiger partial charge in [-0.3, -0.25) is 4.79 Å². The second kappa shape index (κ2) is 8.33. The predicted octanol–water partition coefficient (Wildman–Crippen LogP) is 0.630. The third-order valence-electron chi connectivity index (χ3n) is 2.44. The van der Waals surface area contributed by atoms with E-state index in [1.165, 1.54) is 12.1 Å². The summed E-state index contributed by atoms with van der Waals surface area (Å²) in [7, 11) is -3.55. The zero-order chi connectivity index (χ0) is 15.2. The number of hydrogen-bond donors (Lipinski definition) is 3. The van der Waals surface area contributed by atoms with Gasteiger partial charge in [-0.05, 0) is 26.0 Å². The maximum atomic E-state index is 11.9. The standard InChI is InChI=1S/C13H21N3O3S.ClH/c1-13(2,14)10-15-12(17)8-9-16-20(18,19)11-6-4-3-5-7-11;/h3-7,16H,8-10,14H2,1-2H3,(H,15,17);1H. The van der Waals surface area contributed by atoms with Gasteiger partial charge in [-0.1, -0.05) is 18.2 Å². The van der Waals surface area contributed by atoms with E-state index >= 15 is 0 Å². The van der Waals surface area contributed by atoms with Gasteiger partial charge in [0, 0.05) is 25.0 Å². The highest BCUT2D eigenvalue weighted by Gasteiger charge is 2.15. The average Bonchev–Trinajstić information content (AvgIpc) is 2.36. The minimum Gasteiger partial charge on any atom is -0.354 e. The maximum Gasteiger partial charge on any atom is 0.240 e. The van der Waals surface area contributed by atoms with Crippen LogP contribution in [0.5, 0.6) is 0 Å². The van der Waals surface area contributed by atoms with Crippen LogP contribution in [0.2, 0.25) is 0 Å². The van der Waals surface area contributed by atoms with Gasteiger partial charge in [0.1, 0.15) is 0 Å². The highest BCUT2D eigenvalue weighted by molar-refractivity contribution is 7.89. The van der Waals surface area contributed by atoms with Crippen molar-refractivity contribution in [1.82, 2.24) is 10.0 Å². The molecule has 0 aromatic heterocycles. The van der Waals surface area contributed by atoms with Crippen molar-refractivity contribution < 1.29 is 13.2 Å². The zero-order valence-corrected chi connectivity index (χ0v) is 13.8. The minimum absolute atomic E-state index is 0. The van der Waals surface area contributed by atoms with E-state index in [0.717, 1.165) is 0 Å². The molecule has 0 heterocycles. The van der Waals surface area contributed by atoms with Gasteiger partial charge in [0.25, 0.3) is 0 Å². The van der Waals surface area contributed by atoms with Crippen molar-refractivity contribution in [2.45, 2.75) is 30.7 Å². The number of carbonyl (C=O) groups excluding carboxylic acids is 1. The van der Waals surface area contributed by atoms with Crippen molar-refractivity contribution in [3.63, 3.8) is 0 Å². The van der Waals surface area contributed by atoms with E-state index in [0.29, 0.717) is 6.54 Å². The highest BCUT2D eigenvalue weighted by Crippen LogP contribution is 2.06. The first-order valence-corrected chi connectivity index (χ1v) is 7.79. The Morgan fingerprint density at radius 1 is 1.24 bits per heavy atom. The molecule has 1 aromatic carbocycles. The van der Waals surface area contributed by atoms with Gasteiger partial charge in [0.2, 0.25) is 15.9 Å². The Labute approximate surface area is 132 Å². The van der Waals surface area contributed by atoms with Gasteiger partial charge in [-0.2, -0.15) is 0 Å². The summed E-state index contributed by atoms with van der Waals surface area (Å²) in [4.78, 5) is 11.7. The second-order valence-corrected chi connectivity index (χ2v) is 6.99. The number of hydrogen-bond acceptors (Lipinski definition) is 4. The Morgan fingerprint density at radius 3 is 2.33 bits per heavy atom. The normalized spacial score (nSPS) is 11.6. The van der Waals surface area contributed by atoms with Crippen molar-refractivity contribution in [2.75, 3.05) is 13.1 Å². The van der Waals surface area contributed by atoms with Crippen LogP contribution in [-0.2, 0) is 14.8 Å². The molecule has 0 aliphatic rings. The monoisotopic (exact) mass is 335 g/mol. The number of benzene rings is 1. The third-order valence-corrected chi connectivity index (χ3v) is 3.92. The number of rotatable bonds is 7. The molecule has 0 fully saturated rings. The van der Waals surface area contributed by atoms with Crippen LogP contribution < -0.4 is 15.8 Å². The van der Waals surface area contributed by atoms with Crippen LogP contribution in [0.15, 0.2) is 35.2 Å². The third kappa shape index (κ3) is 8.01. The fourth-order valence-corrected chi connectivity index (χ4v) is 2.45. The summed E-state index contributed by atoms with van der Waals surface area (Å²) in [5.74, 6) is -0.237. The van der Waals surface area contributed by atoms with E-state index < -0.39 is 15.6 Å². The fourth-order valence-electron chi connectivity index (χ4n) is 1.40. The van der Waals surface area contributed by atoms with Gasteiger partial charge in [-0.25, -0.2) is 13.1 Å². The van der Waals surface area contributed by atoms with Crippen molar-refractivity contribution in [3.05, 3.63) is 30.3 Å². The van der Waals surface area contributed by atoms with Gasteiger partial charge in [0.05, 0.1) is 4.90 Å². The Bertz CT molecular complexity index is 542. The Kier molecular flexibility index (Phi) is 7.87. The number of nitrogens with one attached hydrogen (secondary N) is 2. The van der Waals surface area contributed by atoms with Crippen molar-refractivity contribution in [2.24, 2.45) is 5.73 Å². The predicted molar refractivity (Wildman–Crippen MR) is 84.8 cm³/mol. The topological polar surface area (TPSA) is 101 Å². The Hall–Kier alpha value is -1.15. The average molecular weight is 336 g/mol. The lowest BCUT2D eigenvalue weighted by Crippen LogP contribution is -2.45. The van der Waals surface area contributed by atoms with Crippen LogP contribution in [-0.4, -0.2) is 33.0 Å². The van der Waals surface area contributed by atoms with Crippen LogP contribution in [0.4, 0.5) is 0 Å². The zero-order valence-electron chi connectivity index (χ0n) is 12.1. The Balaban J connectivity index is 0.00000400. The van der Waals surface area contributed by atoms with E-state index in [9.17, 15) is 13.2 Å². The molecule has 21 heavy (non-hydrogen) atoms. The first-order chi connectivity index (χ1) is 9.21. The van der Waals surface area contributed by atoms with Gasteiger partial charge in [-0.15, -0.1) is 12.4 Å². The summed E-state index contributed by atoms with van der Waals surface area (Å²) >= 11 is 0. The van der Waals surface area contributed by atoms with Crippen LogP contribution in [0, 0.1) is 0 Å². The molecule has 0 radical (unpaired) electrons. The lowest BCUT2D eigenvalue weighted by Gasteiger charge is -2.18. The van der Waals surface area contributed by atoms with Crippen molar-refractivity contribution >= 4 is 28.3 Å². The molecule has 120 valence electrons. The highest BCUT2D eigenvalue weighted by atomic mass is 35.5. The molecule has 0 saturated carbocycles. The molecular formula is C13H22ClN3O3S. The molecule has 0 saturated heterocycles. The minimum atomic E-state index is -3.55. The van der Waals surface area contributed by atoms with E-state index in [-0.39, 0.29) is 36.2 Å². The molecule has 0 bridgehead atoms. The smallest absolute Gasteiger partial charge is 0.240 e. The van der Waals surface area contributed by atoms with Crippen LogP contribution in [0.3, 0.4) is 0 Å². The second-order valence-electron chi connectivity index (χ2n) is 5.23. The summed E-state index contributed by atoms with van der Waals surface area (Å²) in [5.41, 5.74) is 5.24. The number of sulfonamides is 1. The molecule has 0 spiro atoms. The molecule has 0 aliphatic heterocycles. The SMILES string of the molecule is CC(C)(N)CNC(=O)CCNS(=O)(=O)c1ccccc1.Cl. The lowest BCUT2D eigenvalue weighted by atomic mass is 10.1. The van der Waals surface area contributed by atoms with E-state index in [1.807, 2.05) is 0 Å². The number of carbonyl (C=O) groups is 1. The first-order valence-electron chi connectivity index (χ1n) is 6.31. The van der Waals surface area contributed by atoms with Crippen LogP contribution in [0.25, 0.3) is 0 Å². The molecular weight excluding hydrogens is 314 g/mol. The number of nitrogens with two attached hydrogens (primary N) is 1. The molecule has 4 N–H and O–H groups in total. The first kappa shape index (κ1) is 19.9. The van der Waals surface area contributed by atoms with Crippen LogP contribution in [0.1, 0.15) is 20.3 Å². The number of halogens is 1. The van der Waals surface area contributed by atoms with E-state index in [1.54, 1.807) is 32.0 Å². The summed E-state index contributed by atoms with van der Waals surface area (Å²) in [5, 5.41) is 2.65. The summed E-state index contributed by atoms with van der Waals surface area (Å²) < 4.78 is 26.1. The number of amides is 1. The summed E-state index contributed by atoms with van der Waals surface area (Å²) in [6, 6.07) is 8.02. The van der Waals surface area contributed by atoms with Crippen LogP contribution >= 0.6 is 12.4 Å². The Morgan fingerprint density at radius 2 is 1.81 bits per heavy atom. The van der Waals surface area contributed by atoms with E-state index in [2.05, 4.69) is 10.0 Å². The molecule has 8 heteroatoms. The lowest BCUT2D eigenvalue weighted by molar-refractivity contribution is -0.121. The largest absolute Gasteiger partial charge is 0.354 e. The van der Waals surface area contributed by atoms with Gasteiger partial charge < -0.3 is 11.1 Å². The van der Waals surface area contributed by atoms with Gasteiger partial charge >= 0.3 is 0 Å². The molecule has 1 rings (SSSR count). The molecule has 0 unspecified atom stereocenters. The molecule has 1 amide bonds.